The van der Waals surface area contributed by atoms with Crippen LogP contribution in [0.3, 0.4) is 0 Å². The number of rotatable bonds is 5. The second-order valence-electron chi connectivity index (χ2n) is 4.00. The van der Waals surface area contributed by atoms with Crippen LogP contribution in [0.25, 0.3) is 0 Å². The van der Waals surface area contributed by atoms with Crippen molar-refractivity contribution in [2.75, 3.05) is 6.54 Å². The summed E-state index contributed by atoms with van der Waals surface area (Å²) < 4.78 is 14.9. The molecule has 0 unspecified atom stereocenters. The van der Waals surface area contributed by atoms with E-state index in [-0.39, 0.29) is 23.7 Å². The van der Waals surface area contributed by atoms with Gasteiger partial charge in [0.1, 0.15) is 11.5 Å². The minimum atomic E-state index is -0.356. The summed E-state index contributed by atoms with van der Waals surface area (Å²) in [4.78, 5) is 12.0. The van der Waals surface area contributed by atoms with Gasteiger partial charge in [0.15, 0.2) is 5.78 Å². The van der Waals surface area contributed by atoms with Crippen molar-refractivity contribution in [2.24, 2.45) is 5.73 Å². The van der Waals surface area contributed by atoms with Crippen LogP contribution in [0.15, 0.2) is 28.9 Å². The topological polar surface area (TPSA) is 73.8 Å². The number of halogens is 2. The Morgan fingerprint density at radius 2 is 2.26 bits per heavy atom. The van der Waals surface area contributed by atoms with Gasteiger partial charge in [-0.25, -0.2) is 4.39 Å². The van der Waals surface area contributed by atoms with Gasteiger partial charge in [0.25, 0.3) is 0 Å². The lowest BCUT2D eigenvalue weighted by Gasteiger charge is -2.00. The van der Waals surface area contributed by atoms with Crippen molar-refractivity contribution in [3.05, 3.63) is 45.9 Å². The summed E-state index contributed by atoms with van der Waals surface area (Å²) in [5.41, 5.74) is 6.39. The lowest BCUT2D eigenvalue weighted by atomic mass is 10.1. The largest absolute Gasteiger partial charge is 0.329 e. The molecule has 0 radical (unpaired) electrons. The molecule has 0 saturated carbocycles. The van der Waals surface area contributed by atoms with E-state index in [1.807, 2.05) is 0 Å². The summed E-state index contributed by atoms with van der Waals surface area (Å²) in [7, 11) is 0. The Morgan fingerprint density at radius 1 is 1.47 bits per heavy atom. The lowest BCUT2D eigenvalue weighted by Crippen LogP contribution is -2.10. The zero-order valence-corrected chi connectivity index (χ0v) is 11.6. The second kappa shape index (κ2) is 6.03. The third-order valence-corrected chi connectivity index (χ3v) is 3.14. The van der Waals surface area contributed by atoms with Gasteiger partial charge in [-0.05, 0) is 33.6 Å². The number of carbonyl (C=O) groups is 1. The summed E-state index contributed by atoms with van der Waals surface area (Å²) in [6.07, 6.45) is 1.72. The highest BCUT2D eigenvalue weighted by Crippen LogP contribution is 2.17. The number of Topliss-reactive ketones (excluding diaryl/α,β-unsaturated/α-hetero) is 1. The van der Waals surface area contributed by atoms with Crippen LogP contribution in [0.1, 0.15) is 16.1 Å². The molecule has 0 aliphatic heterocycles. The number of ketones is 1. The van der Waals surface area contributed by atoms with E-state index in [0.717, 1.165) is 0 Å². The zero-order valence-electron chi connectivity index (χ0n) is 10.0. The monoisotopic (exact) mass is 326 g/mol. The first kappa shape index (κ1) is 13.8. The number of aromatic nitrogens is 3. The van der Waals surface area contributed by atoms with Crippen molar-refractivity contribution in [2.45, 2.75) is 13.0 Å². The molecular weight excluding hydrogens is 315 g/mol. The minimum absolute atomic E-state index is 0.153. The molecule has 2 N–H and O–H groups in total. The van der Waals surface area contributed by atoms with E-state index in [1.165, 1.54) is 10.7 Å². The average Bonchev–Trinajstić information content (AvgIpc) is 2.83. The molecule has 100 valence electrons. The van der Waals surface area contributed by atoms with Crippen molar-refractivity contribution >= 4 is 21.7 Å². The van der Waals surface area contributed by atoms with Gasteiger partial charge >= 0.3 is 0 Å². The Hall–Kier alpha value is -1.60. The fourth-order valence-corrected chi connectivity index (χ4v) is 2.02. The van der Waals surface area contributed by atoms with Crippen LogP contribution in [0, 0.1) is 5.82 Å². The molecule has 2 aromatic rings. The van der Waals surface area contributed by atoms with Crippen LogP contribution in [0.2, 0.25) is 0 Å². The Morgan fingerprint density at radius 3 is 2.95 bits per heavy atom. The number of hydrogen-bond acceptors (Lipinski definition) is 4. The quantitative estimate of drug-likeness (QED) is 0.846. The van der Waals surface area contributed by atoms with Crippen molar-refractivity contribution < 1.29 is 9.18 Å². The molecule has 0 atom stereocenters. The van der Waals surface area contributed by atoms with Crippen molar-refractivity contribution in [3.8, 4) is 0 Å². The highest BCUT2D eigenvalue weighted by atomic mass is 79.9. The molecule has 7 heteroatoms. The number of hydrogen-bond donors (Lipinski definition) is 1. The van der Waals surface area contributed by atoms with Crippen LogP contribution >= 0.6 is 15.9 Å². The smallest absolute Gasteiger partial charge is 0.189 e. The normalized spacial score (nSPS) is 10.7. The van der Waals surface area contributed by atoms with E-state index in [9.17, 15) is 9.18 Å². The summed E-state index contributed by atoms with van der Waals surface area (Å²) >= 11 is 3.08. The van der Waals surface area contributed by atoms with E-state index in [4.69, 9.17) is 5.73 Å². The van der Waals surface area contributed by atoms with Crippen LogP contribution in [-0.4, -0.2) is 27.3 Å². The number of benzene rings is 1. The fraction of sp³-hybridized carbons (Fsp3) is 0.250. The summed E-state index contributed by atoms with van der Waals surface area (Å²) in [5, 5.41) is 7.59. The van der Waals surface area contributed by atoms with Gasteiger partial charge in [-0.3, -0.25) is 9.48 Å². The van der Waals surface area contributed by atoms with Gasteiger partial charge < -0.3 is 5.73 Å². The number of nitrogens with zero attached hydrogens (tertiary/aromatic N) is 3. The molecule has 0 aliphatic carbocycles. The second-order valence-corrected chi connectivity index (χ2v) is 4.86. The Labute approximate surface area is 117 Å². The van der Waals surface area contributed by atoms with Crippen LogP contribution in [0.5, 0.6) is 0 Å². The van der Waals surface area contributed by atoms with E-state index in [0.29, 0.717) is 23.1 Å². The van der Waals surface area contributed by atoms with E-state index >= 15 is 0 Å². The Kier molecular flexibility index (Phi) is 4.39. The molecule has 0 saturated heterocycles. The third kappa shape index (κ3) is 3.45. The first-order valence-electron chi connectivity index (χ1n) is 5.67. The maximum Gasteiger partial charge on any atom is 0.189 e. The highest BCUT2D eigenvalue weighted by molar-refractivity contribution is 9.10. The minimum Gasteiger partial charge on any atom is -0.329 e. The van der Waals surface area contributed by atoms with Gasteiger partial charge in [-0.15, -0.1) is 5.10 Å². The summed E-state index contributed by atoms with van der Waals surface area (Å²) in [5.74, 6) is -0.521. The molecule has 0 aliphatic rings. The number of carbonyl (C=O) groups excluding carboxylic acids is 1. The van der Waals surface area contributed by atoms with Crippen molar-refractivity contribution in [1.29, 1.82) is 0 Å². The summed E-state index contributed by atoms with van der Waals surface area (Å²) in [6, 6.07) is 4.47. The molecule has 0 spiro atoms. The van der Waals surface area contributed by atoms with Crippen molar-refractivity contribution in [3.63, 3.8) is 0 Å². The Balaban J connectivity index is 2.09. The molecular formula is C12H12BrFN4O. The Bertz CT molecular complexity index is 599. The van der Waals surface area contributed by atoms with Crippen LogP contribution in [0.4, 0.5) is 4.39 Å². The molecule has 19 heavy (non-hydrogen) atoms. The fourth-order valence-electron chi connectivity index (χ4n) is 1.59. The number of nitrogens with two attached hydrogens (primary N) is 1. The van der Waals surface area contributed by atoms with Crippen LogP contribution in [-0.2, 0) is 13.0 Å². The van der Waals surface area contributed by atoms with Gasteiger partial charge in [0.2, 0.25) is 0 Å². The van der Waals surface area contributed by atoms with Gasteiger partial charge in [-0.2, -0.15) is 0 Å². The van der Waals surface area contributed by atoms with Gasteiger partial charge in [0, 0.05) is 13.0 Å². The molecule has 2 rings (SSSR count). The van der Waals surface area contributed by atoms with E-state index in [1.54, 1.807) is 18.3 Å². The van der Waals surface area contributed by atoms with E-state index < -0.39 is 0 Å². The highest BCUT2D eigenvalue weighted by Gasteiger charge is 2.12. The molecule has 1 aromatic carbocycles. The maximum atomic E-state index is 13.1. The molecule has 0 bridgehead atoms. The standard InChI is InChI=1S/C12H12BrFN4O/c13-9-5-8(1-2-10(9)14)6-12(19)11-7-18(4-3-15)17-16-11/h1-2,5,7H,3-4,6,15H2. The predicted octanol–water partition coefficient (Wildman–Crippen LogP) is 1.56. The van der Waals surface area contributed by atoms with Crippen LogP contribution < -0.4 is 5.73 Å². The van der Waals surface area contributed by atoms with E-state index in [2.05, 4.69) is 26.2 Å². The van der Waals surface area contributed by atoms with Gasteiger partial charge in [-0.1, -0.05) is 11.3 Å². The third-order valence-electron chi connectivity index (χ3n) is 2.53. The molecule has 0 fully saturated rings. The first-order valence-corrected chi connectivity index (χ1v) is 6.47. The van der Waals surface area contributed by atoms with Crippen molar-refractivity contribution in [1.82, 2.24) is 15.0 Å². The predicted molar refractivity (Wildman–Crippen MR) is 71.2 cm³/mol. The molecule has 5 nitrogen and oxygen atoms in total. The summed E-state index contributed by atoms with van der Waals surface area (Å²) in [6.45, 7) is 0.949. The SMILES string of the molecule is NCCn1cc(C(=O)Cc2ccc(F)c(Br)c2)nn1. The average molecular weight is 327 g/mol. The zero-order chi connectivity index (χ0) is 13.8. The first-order chi connectivity index (χ1) is 9.10. The lowest BCUT2D eigenvalue weighted by molar-refractivity contribution is 0.0988. The molecule has 0 amide bonds. The van der Waals surface area contributed by atoms with Gasteiger partial charge in [0.05, 0.1) is 17.2 Å². The molecule has 1 aromatic heterocycles. The molecule has 1 heterocycles. The maximum absolute atomic E-state index is 13.1.